The predicted molar refractivity (Wildman–Crippen MR) is 68.1 cm³/mol. The van der Waals surface area contributed by atoms with Crippen LogP contribution in [-0.4, -0.2) is 11.0 Å². The highest BCUT2D eigenvalue weighted by atomic mass is 16.6. The molecule has 0 amide bonds. The van der Waals surface area contributed by atoms with Gasteiger partial charge in [0.1, 0.15) is 0 Å². The van der Waals surface area contributed by atoms with Crippen LogP contribution in [0.4, 0.5) is 11.4 Å². The van der Waals surface area contributed by atoms with Gasteiger partial charge in [0.25, 0.3) is 5.69 Å². The summed E-state index contributed by atoms with van der Waals surface area (Å²) in [6.45, 7) is 4.54. The summed E-state index contributed by atoms with van der Waals surface area (Å²) in [6, 6.07) is 7.16. The molecule has 3 atom stereocenters. The largest absolute Gasteiger partial charge is 0.382 e. The molecular formula is C13H18N2O2. The minimum absolute atomic E-state index is 0.142. The average molecular weight is 234 g/mol. The Morgan fingerprint density at radius 1 is 1.24 bits per heavy atom. The Morgan fingerprint density at radius 2 is 1.88 bits per heavy atom. The number of anilines is 1. The molecule has 0 aromatic heterocycles. The van der Waals surface area contributed by atoms with Gasteiger partial charge in [-0.3, -0.25) is 10.1 Å². The minimum Gasteiger partial charge on any atom is -0.382 e. The van der Waals surface area contributed by atoms with E-state index < -0.39 is 0 Å². The zero-order chi connectivity index (χ0) is 12.4. The lowest BCUT2D eigenvalue weighted by atomic mass is 9.97. The van der Waals surface area contributed by atoms with Crippen LogP contribution in [0.2, 0.25) is 0 Å². The summed E-state index contributed by atoms with van der Waals surface area (Å²) in [7, 11) is 0. The Kier molecular flexibility index (Phi) is 3.31. The molecule has 4 nitrogen and oxygen atoms in total. The summed E-state index contributed by atoms with van der Waals surface area (Å²) in [4.78, 5) is 10.2. The molecular weight excluding hydrogens is 216 g/mol. The first-order valence-electron chi connectivity index (χ1n) is 6.09. The summed E-state index contributed by atoms with van der Waals surface area (Å²) < 4.78 is 0. The molecule has 1 saturated carbocycles. The van der Waals surface area contributed by atoms with Crippen molar-refractivity contribution in [1.82, 2.24) is 0 Å². The average Bonchev–Trinajstić information content (AvgIpc) is 2.62. The molecule has 0 heterocycles. The third-order valence-electron chi connectivity index (χ3n) is 3.90. The van der Waals surface area contributed by atoms with E-state index in [1.807, 2.05) is 0 Å². The van der Waals surface area contributed by atoms with Gasteiger partial charge in [0, 0.05) is 23.9 Å². The maximum absolute atomic E-state index is 10.5. The number of nitro benzene ring substituents is 1. The molecule has 1 aliphatic carbocycles. The smallest absolute Gasteiger partial charge is 0.269 e. The molecule has 4 heteroatoms. The first-order chi connectivity index (χ1) is 8.08. The normalized spacial score (nSPS) is 28.0. The van der Waals surface area contributed by atoms with Gasteiger partial charge in [-0.05, 0) is 36.8 Å². The molecule has 92 valence electrons. The molecule has 3 unspecified atom stereocenters. The minimum atomic E-state index is -0.371. The molecule has 2 rings (SSSR count). The van der Waals surface area contributed by atoms with Crippen LogP contribution >= 0.6 is 0 Å². The Balaban J connectivity index is 2.02. The molecule has 1 aliphatic rings. The van der Waals surface area contributed by atoms with E-state index in [0.29, 0.717) is 12.0 Å². The van der Waals surface area contributed by atoms with E-state index in [4.69, 9.17) is 0 Å². The monoisotopic (exact) mass is 234 g/mol. The summed E-state index contributed by atoms with van der Waals surface area (Å²) in [5, 5.41) is 14.0. The first kappa shape index (κ1) is 11.9. The van der Waals surface area contributed by atoms with Gasteiger partial charge in [0.15, 0.2) is 0 Å². The fraction of sp³-hybridized carbons (Fsp3) is 0.538. The van der Waals surface area contributed by atoms with Crippen molar-refractivity contribution in [3.8, 4) is 0 Å². The number of nitrogens with one attached hydrogen (secondary N) is 1. The molecule has 17 heavy (non-hydrogen) atoms. The van der Waals surface area contributed by atoms with Crippen LogP contribution in [0.3, 0.4) is 0 Å². The molecule has 1 fully saturated rings. The summed E-state index contributed by atoms with van der Waals surface area (Å²) in [5.41, 5.74) is 1.12. The van der Waals surface area contributed by atoms with Crippen molar-refractivity contribution in [2.45, 2.75) is 32.7 Å². The highest BCUT2D eigenvalue weighted by Gasteiger charge is 2.29. The molecule has 1 aromatic rings. The standard InChI is InChI=1S/C13H18N2O2/c1-9-3-8-13(10(9)2)14-11-4-6-12(7-5-11)15(16)17/h4-7,9-10,13-14H,3,8H2,1-2H3. The van der Waals surface area contributed by atoms with Crippen molar-refractivity contribution < 1.29 is 4.92 Å². The van der Waals surface area contributed by atoms with Crippen molar-refractivity contribution in [2.24, 2.45) is 11.8 Å². The molecule has 0 radical (unpaired) electrons. The van der Waals surface area contributed by atoms with Crippen molar-refractivity contribution in [1.29, 1.82) is 0 Å². The van der Waals surface area contributed by atoms with Crippen LogP contribution in [0.1, 0.15) is 26.7 Å². The van der Waals surface area contributed by atoms with Crippen LogP contribution in [0.25, 0.3) is 0 Å². The lowest BCUT2D eigenvalue weighted by Crippen LogP contribution is -2.23. The Hall–Kier alpha value is -1.58. The van der Waals surface area contributed by atoms with E-state index in [2.05, 4.69) is 19.2 Å². The Labute approximate surface area is 101 Å². The van der Waals surface area contributed by atoms with Crippen LogP contribution in [0.5, 0.6) is 0 Å². The van der Waals surface area contributed by atoms with Gasteiger partial charge >= 0.3 is 0 Å². The van der Waals surface area contributed by atoms with E-state index in [0.717, 1.165) is 11.6 Å². The van der Waals surface area contributed by atoms with Gasteiger partial charge in [-0.15, -0.1) is 0 Å². The maximum atomic E-state index is 10.5. The van der Waals surface area contributed by atoms with E-state index in [9.17, 15) is 10.1 Å². The second-order valence-corrected chi connectivity index (χ2v) is 4.97. The third kappa shape index (κ3) is 2.57. The van der Waals surface area contributed by atoms with Crippen molar-refractivity contribution in [3.05, 3.63) is 34.4 Å². The Morgan fingerprint density at radius 3 is 2.35 bits per heavy atom. The predicted octanol–water partition coefficient (Wildman–Crippen LogP) is 3.44. The van der Waals surface area contributed by atoms with Crippen LogP contribution in [0.15, 0.2) is 24.3 Å². The zero-order valence-electron chi connectivity index (χ0n) is 10.2. The summed E-state index contributed by atoms with van der Waals surface area (Å²) >= 11 is 0. The fourth-order valence-electron chi connectivity index (χ4n) is 2.46. The maximum Gasteiger partial charge on any atom is 0.269 e. The number of nitro groups is 1. The first-order valence-corrected chi connectivity index (χ1v) is 6.09. The number of hydrogen-bond donors (Lipinski definition) is 1. The fourth-order valence-corrected chi connectivity index (χ4v) is 2.46. The van der Waals surface area contributed by atoms with Gasteiger partial charge in [0.2, 0.25) is 0 Å². The number of nitrogens with zero attached hydrogens (tertiary/aromatic N) is 1. The SMILES string of the molecule is CC1CCC(Nc2ccc([N+](=O)[O-])cc2)C1C. The highest BCUT2D eigenvalue weighted by Crippen LogP contribution is 2.33. The van der Waals surface area contributed by atoms with Crippen LogP contribution < -0.4 is 5.32 Å². The second kappa shape index (κ2) is 4.73. The lowest BCUT2D eigenvalue weighted by Gasteiger charge is -2.20. The summed E-state index contributed by atoms with van der Waals surface area (Å²) in [6.07, 6.45) is 2.44. The van der Waals surface area contributed by atoms with E-state index in [1.54, 1.807) is 24.3 Å². The van der Waals surface area contributed by atoms with Crippen molar-refractivity contribution >= 4 is 11.4 Å². The number of benzene rings is 1. The van der Waals surface area contributed by atoms with Gasteiger partial charge in [-0.1, -0.05) is 13.8 Å². The Bertz CT molecular complexity index is 402. The van der Waals surface area contributed by atoms with E-state index in [-0.39, 0.29) is 10.6 Å². The highest BCUT2D eigenvalue weighted by molar-refractivity contribution is 5.49. The van der Waals surface area contributed by atoms with E-state index in [1.165, 1.54) is 12.8 Å². The number of hydrogen-bond acceptors (Lipinski definition) is 3. The van der Waals surface area contributed by atoms with Crippen molar-refractivity contribution in [3.63, 3.8) is 0 Å². The van der Waals surface area contributed by atoms with Gasteiger partial charge in [-0.25, -0.2) is 0 Å². The van der Waals surface area contributed by atoms with Crippen LogP contribution in [-0.2, 0) is 0 Å². The number of non-ortho nitro benzene ring substituents is 1. The lowest BCUT2D eigenvalue weighted by molar-refractivity contribution is -0.384. The summed E-state index contributed by atoms with van der Waals surface area (Å²) in [5.74, 6) is 1.41. The molecule has 1 N–H and O–H groups in total. The van der Waals surface area contributed by atoms with Gasteiger partial charge in [0.05, 0.1) is 4.92 Å². The quantitative estimate of drug-likeness (QED) is 0.643. The topological polar surface area (TPSA) is 55.2 Å². The zero-order valence-corrected chi connectivity index (χ0v) is 10.2. The van der Waals surface area contributed by atoms with E-state index >= 15 is 0 Å². The van der Waals surface area contributed by atoms with Gasteiger partial charge < -0.3 is 5.32 Å². The van der Waals surface area contributed by atoms with Crippen molar-refractivity contribution in [2.75, 3.05) is 5.32 Å². The number of rotatable bonds is 3. The molecule has 0 aliphatic heterocycles. The molecule has 1 aromatic carbocycles. The molecule has 0 spiro atoms. The second-order valence-electron chi connectivity index (χ2n) is 4.97. The molecule has 0 bridgehead atoms. The van der Waals surface area contributed by atoms with Crippen LogP contribution in [0, 0.1) is 22.0 Å². The molecule has 0 saturated heterocycles. The third-order valence-corrected chi connectivity index (χ3v) is 3.90. The van der Waals surface area contributed by atoms with Gasteiger partial charge in [-0.2, -0.15) is 0 Å².